The molecule has 0 saturated heterocycles. The van der Waals surface area contributed by atoms with Crippen LogP contribution in [-0.4, -0.2) is 19.3 Å². The van der Waals surface area contributed by atoms with Gasteiger partial charge in [-0.05, 0) is 42.3 Å². The standard InChI is InChI=1S/C15H15N3O3S/c1-10(11-3-2-6-16-9-11)18-22(20,21)13-4-5-14-12(7-13)8-15(19)17-14/h2-7,9-10,18H,8H2,1H3,(H,17,19). The van der Waals surface area contributed by atoms with Crippen LogP contribution in [0, 0.1) is 0 Å². The third kappa shape index (κ3) is 2.86. The highest BCUT2D eigenvalue weighted by Gasteiger charge is 2.23. The quantitative estimate of drug-likeness (QED) is 0.897. The summed E-state index contributed by atoms with van der Waals surface area (Å²) in [7, 11) is -3.66. The second-order valence-electron chi connectivity index (χ2n) is 5.17. The van der Waals surface area contributed by atoms with Crippen LogP contribution in [0.4, 0.5) is 5.69 Å². The van der Waals surface area contributed by atoms with E-state index in [0.717, 1.165) is 5.56 Å². The Kier molecular flexibility index (Phi) is 3.67. The number of benzene rings is 1. The van der Waals surface area contributed by atoms with Gasteiger partial charge in [-0.1, -0.05) is 6.07 Å². The van der Waals surface area contributed by atoms with E-state index in [9.17, 15) is 13.2 Å². The Hall–Kier alpha value is -2.25. The number of carbonyl (C=O) groups excluding carboxylic acids is 1. The minimum atomic E-state index is -3.66. The van der Waals surface area contributed by atoms with E-state index in [-0.39, 0.29) is 17.2 Å². The molecule has 1 aromatic carbocycles. The molecule has 6 nitrogen and oxygen atoms in total. The van der Waals surface area contributed by atoms with E-state index < -0.39 is 16.1 Å². The molecule has 0 fully saturated rings. The molecule has 114 valence electrons. The number of aromatic nitrogens is 1. The zero-order valence-electron chi connectivity index (χ0n) is 11.9. The summed E-state index contributed by atoms with van der Waals surface area (Å²) >= 11 is 0. The molecular weight excluding hydrogens is 302 g/mol. The van der Waals surface area contributed by atoms with Gasteiger partial charge in [-0.25, -0.2) is 13.1 Å². The van der Waals surface area contributed by atoms with Gasteiger partial charge in [0, 0.05) is 24.1 Å². The largest absolute Gasteiger partial charge is 0.326 e. The van der Waals surface area contributed by atoms with E-state index in [1.807, 2.05) is 6.07 Å². The van der Waals surface area contributed by atoms with Gasteiger partial charge >= 0.3 is 0 Å². The van der Waals surface area contributed by atoms with Crippen molar-refractivity contribution in [2.24, 2.45) is 0 Å². The summed E-state index contributed by atoms with van der Waals surface area (Å²) in [6.45, 7) is 1.76. The second kappa shape index (κ2) is 5.51. The van der Waals surface area contributed by atoms with E-state index in [1.165, 1.54) is 12.1 Å². The van der Waals surface area contributed by atoms with Crippen LogP contribution < -0.4 is 10.0 Å². The maximum absolute atomic E-state index is 12.5. The molecule has 0 radical (unpaired) electrons. The Morgan fingerprint density at radius 3 is 2.86 bits per heavy atom. The van der Waals surface area contributed by atoms with Gasteiger partial charge < -0.3 is 5.32 Å². The number of nitrogens with zero attached hydrogens (tertiary/aromatic N) is 1. The molecule has 0 bridgehead atoms. The highest BCUT2D eigenvalue weighted by Crippen LogP contribution is 2.26. The Bertz CT molecular complexity index is 819. The van der Waals surface area contributed by atoms with Crippen molar-refractivity contribution in [3.05, 3.63) is 53.9 Å². The fourth-order valence-electron chi connectivity index (χ4n) is 2.37. The molecule has 1 unspecified atom stereocenters. The van der Waals surface area contributed by atoms with Crippen LogP contribution in [0.2, 0.25) is 0 Å². The lowest BCUT2D eigenvalue weighted by atomic mass is 10.2. The summed E-state index contributed by atoms with van der Waals surface area (Å²) in [6.07, 6.45) is 3.46. The number of sulfonamides is 1. The maximum Gasteiger partial charge on any atom is 0.241 e. The number of amides is 1. The van der Waals surface area contributed by atoms with Crippen LogP contribution in [-0.2, 0) is 21.2 Å². The molecule has 7 heteroatoms. The highest BCUT2D eigenvalue weighted by atomic mass is 32.2. The summed E-state index contributed by atoms with van der Waals surface area (Å²) < 4.78 is 27.5. The lowest BCUT2D eigenvalue weighted by molar-refractivity contribution is -0.115. The molecule has 1 aliphatic heterocycles. The first-order chi connectivity index (χ1) is 10.5. The Labute approximate surface area is 128 Å². The molecule has 1 amide bonds. The van der Waals surface area contributed by atoms with E-state index in [2.05, 4.69) is 15.0 Å². The zero-order chi connectivity index (χ0) is 15.7. The summed E-state index contributed by atoms with van der Waals surface area (Å²) in [5.74, 6) is -0.124. The lowest BCUT2D eigenvalue weighted by Gasteiger charge is -2.14. The SMILES string of the molecule is CC(NS(=O)(=O)c1ccc2c(c1)CC(=O)N2)c1cccnc1. The van der Waals surface area contributed by atoms with Gasteiger partial charge in [0.05, 0.1) is 11.3 Å². The van der Waals surface area contributed by atoms with Gasteiger partial charge in [0.2, 0.25) is 15.9 Å². The third-order valence-electron chi connectivity index (χ3n) is 3.53. The molecule has 2 N–H and O–H groups in total. The van der Waals surface area contributed by atoms with E-state index in [4.69, 9.17) is 0 Å². The molecular formula is C15H15N3O3S. The summed E-state index contributed by atoms with van der Waals surface area (Å²) in [5, 5.41) is 2.68. The Morgan fingerprint density at radius 1 is 1.32 bits per heavy atom. The summed E-state index contributed by atoms with van der Waals surface area (Å²) in [4.78, 5) is 15.5. The van der Waals surface area contributed by atoms with Gasteiger partial charge in [0.1, 0.15) is 0 Å². The molecule has 0 aliphatic carbocycles. The van der Waals surface area contributed by atoms with Crippen molar-refractivity contribution >= 4 is 21.6 Å². The molecule has 3 rings (SSSR count). The predicted molar refractivity (Wildman–Crippen MR) is 81.7 cm³/mol. The van der Waals surface area contributed by atoms with E-state index >= 15 is 0 Å². The van der Waals surface area contributed by atoms with Crippen molar-refractivity contribution < 1.29 is 13.2 Å². The summed E-state index contributed by atoms with van der Waals surface area (Å²) in [5.41, 5.74) is 2.15. The lowest BCUT2D eigenvalue weighted by Crippen LogP contribution is -2.27. The Morgan fingerprint density at radius 2 is 2.14 bits per heavy atom. The number of anilines is 1. The van der Waals surface area contributed by atoms with Gasteiger partial charge in [0.25, 0.3) is 0 Å². The van der Waals surface area contributed by atoms with Crippen molar-refractivity contribution in [1.82, 2.24) is 9.71 Å². The van der Waals surface area contributed by atoms with Crippen LogP contribution in [0.1, 0.15) is 24.1 Å². The third-order valence-corrected chi connectivity index (χ3v) is 5.07. The average molecular weight is 317 g/mol. The van der Waals surface area contributed by atoms with Crippen LogP contribution in [0.15, 0.2) is 47.6 Å². The van der Waals surface area contributed by atoms with Crippen molar-refractivity contribution in [3.8, 4) is 0 Å². The number of pyridine rings is 1. The van der Waals surface area contributed by atoms with Crippen LogP contribution in [0.3, 0.4) is 0 Å². The molecule has 1 aromatic heterocycles. The molecule has 0 saturated carbocycles. The molecule has 22 heavy (non-hydrogen) atoms. The van der Waals surface area contributed by atoms with Crippen LogP contribution in [0.25, 0.3) is 0 Å². The van der Waals surface area contributed by atoms with Crippen molar-refractivity contribution in [2.75, 3.05) is 5.32 Å². The first-order valence-corrected chi connectivity index (χ1v) is 8.29. The minimum absolute atomic E-state index is 0.124. The van der Waals surface area contributed by atoms with Crippen LogP contribution >= 0.6 is 0 Å². The number of carbonyl (C=O) groups is 1. The van der Waals surface area contributed by atoms with Crippen LogP contribution in [0.5, 0.6) is 0 Å². The fourth-order valence-corrected chi connectivity index (χ4v) is 3.66. The maximum atomic E-state index is 12.5. The normalized spacial score (nSPS) is 15.2. The van der Waals surface area contributed by atoms with Crippen molar-refractivity contribution in [2.45, 2.75) is 24.3 Å². The van der Waals surface area contributed by atoms with Gasteiger partial charge in [-0.15, -0.1) is 0 Å². The van der Waals surface area contributed by atoms with E-state index in [1.54, 1.807) is 31.5 Å². The monoisotopic (exact) mass is 317 g/mol. The molecule has 1 aliphatic rings. The number of hydrogen-bond donors (Lipinski definition) is 2. The number of nitrogens with one attached hydrogen (secondary N) is 2. The molecule has 2 aromatic rings. The van der Waals surface area contributed by atoms with Crippen molar-refractivity contribution in [1.29, 1.82) is 0 Å². The van der Waals surface area contributed by atoms with E-state index in [0.29, 0.717) is 11.3 Å². The number of hydrogen-bond acceptors (Lipinski definition) is 4. The minimum Gasteiger partial charge on any atom is -0.326 e. The first-order valence-electron chi connectivity index (χ1n) is 6.81. The average Bonchev–Trinajstić information content (AvgIpc) is 2.86. The Balaban J connectivity index is 1.85. The van der Waals surface area contributed by atoms with Crippen molar-refractivity contribution in [3.63, 3.8) is 0 Å². The smallest absolute Gasteiger partial charge is 0.241 e. The van der Waals surface area contributed by atoms with Gasteiger partial charge in [0.15, 0.2) is 0 Å². The van der Waals surface area contributed by atoms with Gasteiger partial charge in [-0.2, -0.15) is 0 Å². The predicted octanol–water partition coefficient (Wildman–Crippen LogP) is 1.62. The summed E-state index contributed by atoms with van der Waals surface area (Å²) in [6, 6.07) is 7.81. The zero-order valence-corrected chi connectivity index (χ0v) is 12.7. The first kappa shape index (κ1) is 14.7. The highest BCUT2D eigenvalue weighted by molar-refractivity contribution is 7.89. The van der Waals surface area contributed by atoms with Gasteiger partial charge in [-0.3, -0.25) is 9.78 Å². The fraction of sp³-hybridized carbons (Fsp3) is 0.200. The number of rotatable bonds is 4. The molecule has 0 spiro atoms. The molecule has 2 heterocycles. The molecule has 1 atom stereocenters. The topological polar surface area (TPSA) is 88.2 Å². The number of fused-ring (bicyclic) bond motifs is 1. The second-order valence-corrected chi connectivity index (χ2v) is 6.89.